The zero-order valence-corrected chi connectivity index (χ0v) is 8.92. The molecular formula is C11H13NO4. The molecule has 4 atom stereocenters. The lowest BCUT2D eigenvalue weighted by atomic mass is 9.77. The fourth-order valence-corrected chi connectivity index (χ4v) is 3.06. The van der Waals surface area contributed by atoms with Crippen LogP contribution in [-0.2, 0) is 14.3 Å². The number of hydrogen-bond acceptors (Lipinski definition) is 4. The second-order valence-electron chi connectivity index (χ2n) is 4.48. The van der Waals surface area contributed by atoms with E-state index in [1.807, 2.05) is 0 Å². The quantitative estimate of drug-likeness (QED) is 0.497. The molecule has 2 fully saturated rings. The third kappa shape index (κ3) is 0.888. The molecule has 16 heavy (non-hydrogen) atoms. The number of carbonyl (C=O) groups excluding carboxylic acids is 2. The van der Waals surface area contributed by atoms with E-state index in [1.54, 1.807) is 19.1 Å². The maximum atomic E-state index is 12.1. The number of hydrogen-bond donors (Lipinski definition) is 1. The summed E-state index contributed by atoms with van der Waals surface area (Å²) < 4.78 is 5.58. The summed E-state index contributed by atoms with van der Waals surface area (Å²) in [5.41, 5.74) is -0.952. The molecule has 86 valence electrons. The molecule has 3 rings (SSSR count). The number of carbonyl (C=O) groups is 2. The summed E-state index contributed by atoms with van der Waals surface area (Å²) in [6.07, 6.45) is 3.16. The Morgan fingerprint density at radius 2 is 2.25 bits per heavy atom. The van der Waals surface area contributed by atoms with Crippen LogP contribution in [0.2, 0.25) is 0 Å². The monoisotopic (exact) mass is 223 g/mol. The van der Waals surface area contributed by atoms with E-state index < -0.39 is 17.4 Å². The number of fused-ring (bicyclic) bond motifs is 5. The number of imide groups is 1. The van der Waals surface area contributed by atoms with Gasteiger partial charge in [0, 0.05) is 6.54 Å². The molecule has 0 unspecified atom stereocenters. The molecule has 0 aromatic rings. The molecule has 0 spiro atoms. The highest BCUT2D eigenvalue weighted by Crippen LogP contribution is 2.51. The van der Waals surface area contributed by atoms with E-state index in [4.69, 9.17) is 4.74 Å². The van der Waals surface area contributed by atoms with Gasteiger partial charge in [0.15, 0.2) is 0 Å². The Kier molecular flexibility index (Phi) is 1.83. The van der Waals surface area contributed by atoms with Crippen LogP contribution in [0.4, 0.5) is 0 Å². The molecule has 1 N–H and O–H groups in total. The average molecular weight is 223 g/mol. The molecule has 0 saturated carbocycles. The Hall–Kier alpha value is -1.20. The van der Waals surface area contributed by atoms with Crippen LogP contribution >= 0.6 is 0 Å². The molecule has 3 aliphatic rings. The van der Waals surface area contributed by atoms with Crippen LogP contribution in [0.1, 0.15) is 6.92 Å². The minimum absolute atomic E-state index is 0.165. The molecule has 5 nitrogen and oxygen atoms in total. The first-order chi connectivity index (χ1) is 7.64. The first-order valence-corrected chi connectivity index (χ1v) is 5.48. The molecule has 2 saturated heterocycles. The number of likely N-dealkylation sites (tertiary alicyclic amines) is 1. The highest BCUT2D eigenvalue weighted by molar-refractivity contribution is 6.07. The summed E-state index contributed by atoms with van der Waals surface area (Å²) in [6, 6.07) is 0. The lowest BCUT2D eigenvalue weighted by molar-refractivity contribution is -0.145. The van der Waals surface area contributed by atoms with Gasteiger partial charge in [-0.15, -0.1) is 0 Å². The average Bonchev–Trinajstić information content (AvgIpc) is 2.91. The largest absolute Gasteiger partial charge is 0.393 e. The fourth-order valence-electron chi connectivity index (χ4n) is 3.06. The van der Waals surface area contributed by atoms with Crippen molar-refractivity contribution in [3.63, 3.8) is 0 Å². The molecule has 0 aliphatic carbocycles. The normalized spacial score (nSPS) is 44.6. The minimum Gasteiger partial charge on any atom is -0.393 e. The predicted octanol–water partition coefficient (Wildman–Crippen LogP) is -0.693. The van der Waals surface area contributed by atoms with E-state index in [2.05, 4.69) is 0 Å². The molecule has 3 heterocycles. The highest BCUT2D eigenvalue weighted by Gasteiger charge is 2.67. The van der Waals surface area contributed by atoms with Gasteiger partial charge in [-0.3, -0.25) is 14.5 Å². The van der Waals surface area contributed by atoms with Crippen molar-refractivity contribution in [3.05, 3.63) is 12.2 Å². The van der Waals surface area contributed by atoms with E-state index >= 15 is 0 Å². The van der Waals surface area contributed by atoms with Crippen LogP contribution in [0, 0.1) is 11.8 Å². The van der Waals surface area contributed by atoms with Crippen molar-refractivity contribution in [2.75, 3.05) is 13.2 Å². The van der Waals surface area contributed by atoms with Crippen LogP contribution < -0.4 is 0 Å². The van der Waals surface area contributed by atoms with Gasteiger partial charge in [-0.25, -0.2) is 0 Å². The Balaban J connectivity index is 2.06. The Bertz CT molecular complexity index is 405. The molecular weight excluding hydrogens is 210 g/mol. The molecule has 0 radical (unpaired) electrons. The third-order valence-corrected chi connectivity index (χ3v) is 3.81. The van der Waals surface area contributed by atoms with Gasteiger partial charge in [0.05, 0.1) is 24.5 Å². The first kappa shape index (κ1) is 9.99. The molecule has 2 bridgehead atoms. The van der Waals surface area contributed by atoms with E-state index in [-0.39, 0.29) is 24.5 Å². The number of rotatable bonds is 2. The SMILES string of the molecule is CCN1C(=O)[C@H]2[C@@H](C1=O)[C@]1(CO)C=C[C@H]2O1. The number of aliphatic hydroxyl groups excluding tert-OH is 1. The summed E-state index contributed by atoms with van der Waals surface area (Å²) in [6.45, 7) is 1.91. The van der Waals surface area contributed by atoms with Gasteiger partial charge < -0.3 is 9.84 Å². The highest BCUT2D eigenvalue weighted by atomic mass is 16.5. The van der Waals surface area contributed by atoms with Gasteiger partial charge in [0.2, 0.25) is 11.8 Å². The number of aliphatic hydroxyl groups is 1. The standard InChI is InChI=1S/C11H13NO4/c1-2-12-9(14)7-6-3-4-11(5-13,16-6)8(7)10(12)15/h3-4,6-8,13H,2,5H2,1H3/t6-,7-,8+,11-/m1/s1. The van der Waals surface area contributed by atoms with Crippen molar-refractivity contribution < 1.29 is 19.4 Å². The van der Waals surface area contributed by atoms with Gasteiger partial charge in [0.1, 0.15) is 5.60 Å². The van der Waals surface area contributed by atoms with Gasteiger partial charge in [-0.2, -0.15) is 0 Å². The minimum atomic E-state index is -0.952. The number of ether oxygens (including phenoxy) is 1. The van der Waals surface area contributed by atoms with Gasteiger partial charge in [0.25, 0.3) is 0 Å². The van der Waals surface area contributed by atoms with Crippen LogP contribution in [0.5, 0.6) is 0 Å². The van der Waals surface area contributed by atoms with E-state index in [1.165, 1.54) is 4.90 Å². The van der Waals surface area contributed by atoms with Crippen LogP contribution in [0.15, 0.2) is 12.2 Å². The van der Waals surface area contributed by atoms with E-state index in [0.717, 1.165) is 0 Å². The summed E-state index contributed by atoms with van der Waals surface area (Å²) in [5.74, 6) is -1.33. The zero-order chi connectivity index (χ0) is 11.5. The van der Waals surface area contributed by atoms with Crippen molar-refractivity contribution in [1.29, 1.82) is 0 Å². The van der Waals surface area contributed by atoms with E-state index in [0.29, 0.717) is 6.54 Å². The maximum Gasteiger partial charge on any atom is 0.236 e. The second kappa shape index (κ2) is 2.93. The zero-order valence-electron chi connectivity index (χ0n) is 8.92. The van der Waals surface area contributed by atoms with E-state index in [9.17, 15) is 14.7 Å². The molecule has 0 aromatic carbocycles. The summed E-state index contributed by atoms with van der Waals surface area (Å²) >= 11 is 0. The van der Waals surface area contributed by atoms with Crippen LogP contribution in [0.3, 0.4) is 0 Å². The first-order valence-electron chi connectivity index (χ1n) is 5.48. The van der Waals surface area contributed by atoms with Gasteiger partial charge in [-0.05, 0) is 6.92 Å². The van der Waals surface area contributed by atoms with Crippen molar-refractivity contribution >= 4 is 11.8 Å². The van der Waals surface area contributed by atoms with Crippen molar-refractivity contribution in [3.8, 4) is 0 Å². The van der Waals surface area contributed by atoms with Gasteiger partial charge >= 0.3 is 0 Å². The maximum absolute atomic E-state index is 12.1. The predicted molar refractivity (Wildman–Crippen MR) is 53.2 cm³/mol. The fraction of sp³-hybridized carbons (Fsp3) is 0.636. The van der Waals surface area contributed by atoms with Crippen molar-refractivity contribution in [1.82, 2.24) is 4.90 Å². The summed E-state index contributed by atoms with van der Waals surface area (Å²) in [7, 11) is 0. The third-order valence-electron chi connectivity index (χ3n) is 3.81. The smallest absolute Gasteiger partial charge is 0.236 e. The second-order valence-corrected chi connectivity index (χ2v) is 4.48. The molecule has 2 amide bonds. The number of nitrogens with zero attached hydrogens (tertiary/aromatic N) is 1. The van der Waals surface area contributed by atoms with Crippen LogP contribution in [-0.4, -0.2) is 46.7 Å². The van der Waals surface area contributed by atoms with Crippen LogP contribution in [0.25, 0.3) is 0 Å². The van der Waals surface area contributed by atoms with Crippen molar-refractivity contribution in [2.24, 2.45) is 11.8 Å². The molecule has 5 heteroatoms. The summed E-state index contributed by atoms with van der Waals surface area (Å²) in [4.78, 5) is 25.3. The lowest BCUT2D eigenvalue weighted by Crippen LogP contribution is -2.43. The van der Waals surface area contributed by atoms with Gasteiger partial charge in [-0.1, -0.05) is 12.2 Å². The Morgan fingerprint density at radius 3 is 2.88 bits per heavy atom. The Morgan fingerprint density at radius 1 is 1.50 bits per heavy atom. The molecule has 3 aliphatic heterocycles. The lowest BCUT2D eigenvalue weighted by Gasteiger charge is -2.26. The van der Waals surface area contributed by atoms with Crippen molar-refractivity contribution in [2.45, 2.75) is 18.6 Å². The molecule has 0 aromatic heterocycles. The Labute approximate surface area is 92.7 Å². The topological polar surface area (TPSA) is 66.8 Å². The summed E-state index contributed by atoms with van der Waals surface area (Å²) in [5, 5.41) is 9.39. The number of amides is 2.